The number of β-amino-alcohol motifs (C(OH)–C–C–N with tert-alkyl or cyclic N) is 1. The molecule has 1 heterocycles. The number of aliphatic hydroxyl groups is 1. The Kier molecular flexibility index (Phi) is 5.68. The van der Waals surface area contributed by atoms with Gasteiger partial charge in [0.1, 0.15) is 29.8 Å². The maximum Gasteiger partial charge on any atom is 0.325 e. The van der Waals surface area contributed by atoms with Crippen molar-refractivity contribution in [3.8, 4) is 5.75 Å². The number of aliphatic hydroxyl groups excluding tert-OH is 1. The molecule has 0 bridgehead atoms. The van der Waals surface area contributed by atoms with Crippen LogP contribution < -0.4 is 10.1 Å². The van der Waals surface area contributed by atoms with E-state index in [0.29, 0.717) is 10.0 Å². The quantitative estimate of drug-likeness (QED) is 0.517. The predicted octanol–water partition coefficient (Wildman–Crippen LogP) is 3.95. The van der Waals surface area contributed by atoms with E-state index in [1.165, 1.54) is 12.1 Å². The number of hydrogen-bond donors (Lipinski definition) is 2. The number of benzene rings is 3. The maximum absolute atomic E-state index is 13.5. The number of imide groups is 1. The molecule has 2 unspecified atom stereocenters. The minimum absolute atomic E-state index is 0.210. The second-order valence-corrected chi connectivity index (χ2v) is 8.48. The Morgan fingerprint density at radius 3 is 2.68 bits per heavy atom. The van der Waals surface area contributed by atoms with Crippen LogP contribution in [0.15, 0.2) is 65.1 Å². The van der Waals surface area contributed by atoms with Crippen molar-refractivity contribution >= 4 is 38.6 Å². The first-order valence-corrected chi connectivity index (χ1v) is 10.5. The lowest BCUT2D eigenvalue weighted by molar-refractivity contribution is -0.132. The van der Waals surface area contributed by atoms with Crippen molar-refractivity contribution in [1.29, 1.82) is 0 Å². The lowest BCUT2D eigenvalue weighted by Crippen LogP contribution is -2.43. The summed E-state index contributed by atoms with van der Waals surface area (Å²) in [7, 11) is 0. The van der Waals surface area contributed by atoms with Gasteiger partial charge < -0.3 is 15.2 Å². The first-order valence-electron chi connectivity index (χ1n) is 9.67. The highest BCUT2D eigenvalue weighted by Crippen LogP contribution is 2.34. The van der Waals surface area contributed by atoms with Gasteiger partial charge in [0.2, 0.25) is 0 Å². The molecule has 8 heteroatoms. The molecule has 160 valence electrons. The van der Waals surface area contributed by atoms with Crippen LogP contribution in [0, 0.1) is 5.82 Å². The molecule has 1 fully saturated rings. The number of hydrogen-bond acceptors (Lipinski definition) is 4. The van der Waals surface area contributed by atoms with Crippen molar-refractivity contribution in [2.75, 3.05) is 13.2 Å². The van der Waals surface area contributed by atoms with Crippen LogP contribution in [0.4, 0.5) is 9.18 Å². The Morgan fingerprint density at radius 2 is 1.90 bits per heavy atom. The normalized spacial score (nSPS) is 19.5. The van der Waals surface area contributed by atoms with Gasteiger partial charge in [-0.15, -0.1) is 0 Å². The predicted molar refractivity (Wildman–Crippen MR) is 117 cm³/mol. The number of nitrogens with one attached hydrogen (secondary N) is 1. The van der Waals surface area contributed by atoms with Crippen molar-refractivity contribution in [2.45, 2.75) is 18.6 Å². The van der Waals surface area contributed by atoms with E-state index < -0.39 is 29.4 Å². The fourth-order valence-electron chi connectivity index (χ4n) is 3.77. The summed E-state index contributed by atoms with van der Waals surface area (Å²) >= 11 is 3.17. The van der Waals surface area contributed by atoms with Crippen molar-refractivity contribution in [1.82, 2.24) is 10.2 Å². The van der Waals surface area contributed by atoms with Gasteiger partial charge in [-0.3, -0.25) is 9.69 Å². The third kappa shape index (κ3) is 4.13. The summed E-state index contributed by atoms with van der Waals surface area (Å²) in [5.41, 5.74) is -0.576. The molecule has 2 atom stereocenters. The second kappa shape index (κ2) is 8.28. The van der Waals surface area contributed by atoms with Gasteiger partial charge in [0.15, 0.2) is 0 Å². The van der Waals surface area contributed by atoms with Crippen LogP contribution in [-0.2, 0) is 10.3 Å². The van der Waals surface area contributed by atoms with Crippen LogP contribution in [0.1, 0.15) is 12.5 Å². The molecule has 1 saturated heterocycles. The topological polar surface area (TPSA) is 78.9 Å². The summed E-state index contributed by atoms with van der Waals surface area (Å²) in [5, 5.41) is 14.9. The zero-order chi connectivity index (χ0) is 22.2. The van der Waals surface area contributed by atoms with Gasteiger partial charge in [-0.1, -0.05) is 58.4 Å². The molecule has 0 aromatic heterocycles. The van der Waals surface area contributed by atoms with E-state index in [1.807, 2.05) is 42.5 Å². The Labute approximate surface area is 186 Å². The van der Waals surface area contributed by atoms with Crippen molar-refractivity contribution in [3.63, 3.8) is 0 Å². The molecule has 0 saturated carbocycles. The zero-order valence-corrected chi connectivity index (χ0v) is 18.2. The van der Waals surface area contributed by atoms with Crippen LogP contribution in [-0.4, -0.2) is 41.2 Å². The zero-order valence-electron chi connectivity index (χ0n) is 16.6. The molecule has 0 aliphatic carbocycles. The number of carbonyl (C=O) groups is 2. The van der Waals surface area contributed by atoms with Crippen molar-refractivity contribution < 1.29 is 23.8 Å². The van der Waals surface area contributed by atoms with E-state index in [1.54, 1.807) is 13.0 Å². The van der Waals surface area contributed by atoms with Gasteiger partial charge in [0.05, 0.1) is 6.54 Å². The smallest absolute Gasteiger partial charge is 0.325 e. The van der Waals surface area contributed by atoms with E-state index in [0.717, 1.165) is 15.7 Å². The highest BCUT2D eigenvalue weighted by atomic mass is 79.9. The molecular weight excluding hydrogens is 467 g/mol. The average Bonchev–Trinajstić information content (AvgIpc) is 2.95. The largest absolute Gasteiger partial charge is 0.491 e. The summed E-state index contributed by atoms with van der Waals surface area (Å²) in [6.07, 6.45) is -1.15. The number of nitrogens with zero attached hydrogens (tertiary/aromatic N) is 1. The fraction of sp³-hybridized carbons (Fsp3) is 0.217. The number of rotatable bonds is 6. The maximum atomic E-state index is 13.5. The number of ether oxygens (including phenoxy) is 1. The van der Waals surface area contributed by atoms with Gasteiger partial charge in [0.25, 0.3) is 5.91 Å². The van der Waals surface area contributed by atoms with Gasteiger partial charge in [-0.25, -0.2) is 9.18 Å². The Bertz CT molecular complexity index is 1150. The number of carbonyl (C=O) groups excluding carboxylic acids is 2. The standard InChI is InChI=1S/C23H20BrFN2O4/c1-23(20-8-4-6-14-5-2-3-7-19(14)20)21(29)27(22(30)26-23)12-17(28)13-31-18-10-15(24)9-16(25)11-18/h2-11,17,28H,12-13H2,1H3,(H,26,30). The SMILES string of the molecule is CC1(c2cccc3ccccc23)NC(=O)N(CC(O)COc2cc(F)cc(Br)c2)C1=O. The number of urea groups is 1. The van der Waals surface area contributed by atoms with E-state index in [-0.39, 0.29) is 18.9 Å². The monoisotopic (exact) mass is 486 g/mol. The third-order valence-electron chi connectivity index (χ3n) is 5.28. The van der Waals surface area contributed by atoms with Crippen LogP contribution >= 0.6 is 15.9 Å². The molecule has 3 amide bonds. The molecule has 31 heavy (non-hydrogen) atoms. The molecule has 2 N–H and O–H groups in total. The first kappa shape index (κ1) is 21.3. The van der Waals surface area contributed by atoms with E-state index in [4.69, 9.17) is 4.74 Å². The van der Waals surface area contributed by atoms with Crippen molar-refractivity contribution in [2.24, 2.45) is 0 Å². The van der Waals surface area contributed by atoms with Crippen LogP contribution in [0.25, 0.3) is 10.8 Å². The average molecular weight is 487 g/mol. The van der Waals surface area contributed by atoms with Gasteiger partial charge >= 0.3 is 6.03 Å². The molecule has 3 aromatic carbocycles. The second-order valence-electron chi connectivity index (χ2n) is 7.57. The minimum atomic E-state index is -1.26. The number of amides is 3. The van der Waals surface area contributed by atoms with Crippen LogP contribution in [0.3, 0.4) is 0 Å². The van der Waals surface area contributed by atoms with E-state index >= 15 is 0 Å². The molecule has 0 radical (unpaired) electrons. The number of halogens is 2. The van der Waals surface area contributed by atoms with Gasteiger partial charge in [-0.2, -0.15) is 0 Å². The summed E-state index contributed by atoms with van der Waals surface area (Å²) in [6.45, 7) is 1.20. The van der Waals surface area contributed by atoms with Gasteiger partial charge in [0, 0.05) is 10.5 Å². The van der Waals surface area contributed by atoms with Crippen LogP contribution in [0.5, 0.6) is 5.75 Å². The Hall–Kier alpha value is -2.97. The Balaban J connectivity index is 1.50. The molecule has 1 aliphatic heterocycles. The minimum Gasteiger partial charge on any atom is -0.491 e. The summed E-state index contributed by atoms with van der Waals surface area (Å²) < 4.78 is 19.4. The molecular formula is C23H20BrFN2O4. The molecule has 4 rings (SSSR count). The summed E-state index contributed by atoms with van der Waals surface area (Å²) in [4.78, 5) is 26.8. The third-order valence-corrected chi connectivity index (χ3v) is 5.73. The molecule has 0 spiro atoms. The van der Waals surface area contributed by atoms with Crippen LogP contribution in [0.2, 0.25) is 0 Å². The number of fused-ring (bicyclic) bond motifs is 1. The Morgan fingerprint density at radius 1 is 1.16 bits per heavy atom. The molecule has 3 aromatic rings. The summed E-state index contributed by atoms with van der Waals surface area (Å²) in [5.74, 6) is -0.719. The fourth-order valence-corrected chi connectivity index (χ4v) is 4.22. The molecule has 1 aliphatic rings. The van der Waals surface area contributed by atoms with Gasteiger partial charge in [-0.05, 0) is 35.4 Å². The lowest BCUT2D eigenvalue weighted by Gasteiger charge is -2.24. The highest BCUT2D eigenvalue weighted by molar-refractivity contribution is 9.10. The first-order chi connectivity index (χ1) is 14.8. The van der Waals surface area contributed by atoms with E-state index in [2.05, 4.69) is 21.2 Å². The van der Waals surface area contributed by atoms with Crippen molar-refractivity contribution in [3.05, 3.63) is 76.5 Å². The molecule has 6 nitrogen and oxygen atoms in total. The van der Waals surface area contributed by atoms with E-state index in [9.17, 15) is 19.1 Å². The summed E-state index contributed by atoms with van der Waals surface area (Å²) in [6, 6.07) is 16.6. The highest BCUT2D eigenvalue weighted by Gasteiger charge is 2.49. The lowest BCUT2D eigenvalue weighted by atomic mass is 9.88.